The molecule has 0 aromatic rings. The molecule has 248 valence electrons. The number of hydrogen-bond donors (Lipinski definition) is 11. The molecule has 11 N–H and O–H groups in total. The monoisotopic (exact) mass is 616 g/mol. The highest BCUT2D eigenvalue weighted by Gasteiger charge is 2.58. The molecular weight excluding hydrogens is 568 g/mol. The van der Waals surface area contributed by atoms with Crippen molar-refractivity contribution in [3.8, 4) is 0 Å². The molecule has 0 amide bonds. The Balaban J connectivity index is 1.86. The Bertz CT molecular complexity index is 847. The molecule has 0 radical (unpaired) electrons. The lowest BCUT2D eigenvalue weighted by atomic mass is 9.74. The molecule has 3 aliphatic heterocycles. The predicted octanol–water partition coefficient (Wildman–Crippen LogP) is -4.74. The molecule has 0 aliphatic carbocycles. The van der Waals surface area contributed by atoms with Crippen molar-refractivity contribution < 1.29 is 79.9 Å². The highest BCUT2D eigenvalue weighted by molar-refractivity contribution is 5.03. The number of hydrogen-bond acceptors (Lipinski definition) is 16. The molecule has 16 heteroatoms. The summed E-state index contributed by atoms with van der Waals surface area (Å²) >= 11 is 0. The normalized spacial score (nSPS) is 47.9. The first-order valence-electron chi connectivity index (χ1n) is 14.2. The SMILES string of the molecule is CCC(C)(O[C@@H]1OC(CO)[C@@H](C(C)(CC)O[C@@H]2OC(CO)[C@H](O)[C@H](O)C2O)C(O)[C@@H]1O)[C@@H]1C(CO)OC(O)[C@@H](O)C1O. The fraction of sp³-hybridized carbons (Fsp3) is 1.00. The van der Waals surface area contributed by atoms with Crippen LogP contribution in [-0.4, -0.2) is 167 Å². The summed E-state index contributed by atoms with van der Waals surface area (Å²) in [5, 5.41) is 114. The summed E-state index contributed by atoms with van der Waals surface area (Å²) in [5.74, 6) is -2.30. The molecule has 16 nitrogen and oxygen atoms in total. The van der Waals surface area contributed by atoms with Crippen molar-refractivity contribution in [3.63, 3.8) is 0 Å². The van der Waals surface area contributed by atoms with Gasteiger partial charge in [0.25, 0.3) is 0 Å². The van der Waals surface area contributed by atoms with Crippen LogP contribution in [0.5, 0.6) is 0 Å². The van der Waals surface area contributed by atoms with Gasteiger partial charge in [-0.25, -0.2) is 0 Å². The summed E-state index contributed by atoms with van der Waals surface area (Å²) in [6.45, 7) is 4.32. The molecule has 3 heterocycles. The van der Waals surface area contributed by atoms with Gasteiger partial charge in [0.1, 0.15) is 36.6 Å². The van der Waals surface area contributed by atoms with E-state index in [9.17, 15) is 56.2 Å². The lowest BCUT2D eigenvalue weighted by Gasteiger charge is -2.54. The van der Waals surface area contributed by atoms with Gasteiger partial charge in [0.2, 0.25) is 0 Å². The third-order valence-corrected chi connectivity index (χ3v) is 9.22. The summed E-state index contributed by atoms with van der Waals surface area (Å²) in [5.41, 5.74) is -2.96. The second kappa shape index (κ2) is 14.2. The second-order valence-electron chi connectivity index (χ2n) is 11.8. The third-order valence-electron chi connectivity index (χ3n) is 9.22. The van der Waals surface area contributed by atoms with Crippen LogP contribution in [0.3, 0.4) is 0 Å². The summed E-state index contributed by atoms with van der Waals surface area (Å²) in [4.78, 5) is 0. The van der Waals surface area contributed by atoms with E-state index in [0.29, 0.717) is 0 Å². The van der Waals surface area contributed by atoms with E-state index in [2.05, 4.69) is 0 Å². The van der Waals surface area contributed by atoms with Gasteiger partial charge in [-0.15, -0.1) is 0 Å². The smallest absolute Gasteiger partial charge is 0.187 e. The second-order valence-corrected chi connectivity index (χ2v) is 11.8. The molecule has 3 fully saturated rings. The van der Waals surface area contributed by atoms with Crippen LogP contribution in [-0.2, 0) is 23.7 Å². The van der Waals surface area contributed by atoms with E-state index in [4.69, 9.17) is 23.7 Å². The maximum atomic E-state index is 11.3. The van der Waals surface area contributed by atoms with Gasteiger partial charge >= 0.3 is 0 Å². The Hall–Kier alpha value is -0.640. The number of aliphatic hydroxyl groups is 11. The number of ether oxygens (including phenoxy) is 5. The average molecular weight is 617 g/mol. The van der Waals surface area contributed by atoms with Gasteiger partial charge in [-0.05, 0) is 26.7 Å². The van der Waals surface area contributed by atoms with Crippen LogP contribution in [0.15, 0.2) is 0 Å². The van der Waals surface area contributed by atoms with Gasteiger partial charge in [0, 0.05) is 11.8 Å². The van der Waals surface area contributed by atoms with E-state index < -0.39 is 123 Å². The zero-order valence-electron chi connectivity index (χ0n) is 24.2. The molecule has 3 aliphatic rings. The van der Waals surface area contributed by atoms with Crippen LogP contribution in [0, 0.1) is 11.8 Å². The molecule has 9 unspecified atom stereocenters. The molecule has 17 atom stereocenters. The topological polar surface area (TPSA) is 269 Å². The van der Waals surface area contributed by atoms with E-state index in [0.717, 1.165) is 0 Å². The summed E-state index contributed by atoms with van der Waals surface area (Å²) in [7, 11) is 0. The highest BCUT2D eigenvalue weighted by atomic mass is 16.7. The molecule has 0 saturated carbocycles. The zero-order chi connectivity index (χ0) is 31.7. The Kier molecular flexibility index (Phi) is 12.1. The van der Waals surface area contributed by atoms with Gasteiger partial charge in [-0.1, -0.05) is 13.8 Å². The van der Waals surface area contributed by atoms with E-state index >= 15 is 0 Å². The van der Waals surface area contributed by atoms with Crippen molar-refractivity contribution in [3.05, 3.63) is 0 Å². The minimum absolute atomic E-state index is 0.110. The third kappa shape index (κ3) is 6.64. The zero-order valence-corrected chi connectivity index (χ0v) is 24.2. The summed E-state index contributed by atoms with van der Waals surface area (Å²) in [6.07, 6.45) is -20.2. The minimum atomic E-state index is -1.77. The average Bonchev–Trinajstić information content (AvgIpc) is 2.97. The van der Waals surface area contributed by atoms with Crippen molar-refractivity contribution in [1.29, 1.82) is 0 Å². The fourth-order valence-electron chi connectivity index (χ4n) is 6.29. The Morgan fingerprint density at radius 1 is 0.500 bits per heavy atom. The van der Waals surface area contributed by atoms with Crippen molar-refractivity contribution >= 4 is 0 Å². The molecule has 0 aromatic carbocycles. The first-order chi connectivity index (χ1) is 19.6. The fourth-order valence-corrected chi connectivity index (χ4v) is 6.29. The van der Waals surface area contributed by atoms with Gasteiger partial charge < -0.3 is 79.9 Å². The molecule has 42 heavy (non-hydrogen) atoms. The van der Waals surface area contributed by atoms with Gasteiger partial charge in [-0.3, -0.25) is 0 Å². The van der Waals surface area contributed by atoms with E-state index in [1.54, 1.807) is 13.8 Å². The first-order valence-corrected chi connectivity index (χ1v) is 14.2. The maximum absolute atomic E-state index is 11.3. The van der Waals surface area contributed by atoms with Crippen LogP contribution >= 0.6 is 0 Å². The largest absolute Gasteiger partial charge is 0.394 e. The van der Waals surface area contributed by atoms with Crippen LogP contribution < -0.4 is 0 Å². The number of aliphatic hydroxyl groups excluding tert-OH is 11. The predicted molar refractivity (Wildman–Crippen MR) is 138 cm³/mol. The van der Waals surface area contributed by atoms with Crippen molar-refractivity contribution in [2.75, 3.05) is 19.8 Å². The van der Waals surface area contributed by atoms with Gasteiger partial charge in [0.15, 0.2) is 18.9 Å². The first kappa shape index (κ1) is 35.8. The van der Waals surface area contributed by atoms with Crippen molar-refractivity contribution in [2.24, 2.45) is 11.8 Å². The van der Waals surface area contributed by atoms with Crippen LogP contribution in [0.2, 0.25) is 0 Å². The molecule has 3 saturated heterocycles. The maximum Gasteiger partial charge on any atom is 0.187 e. The Labute approximate surface area is 243 Å². The van der Waals surface area contributed by atoms with Crippen LogP contribution in [0.25, 0.3) is 0 Å². The molecule has 0 spiro atoms. The molecule has 0 aromatic heterocycles. The molecule has 3 rings (SSSR count). The number of rotatable bonds is 11. The Morgan fingerprint density at radius 2 is 0.881 bits per heavy atom. The summed E-state index contributed by atoms with van der Waals surface area (Å²) < 4.78 is 28.8. The quantitative estimate of drug-likeness (QED) is 0.104. The van der Waals surface area contributed by atoms with E-state index in [1.165, 1.54) is 13.8 Å². The lowest BCUT2D eigenvalue weighted by Crippen LogP contribution is -2.68. The lowest BCUT2D eigenvalue weighted by molar-refractivity contribution is -0.374. The highest BCUT2D eigenvalue weighted by Crippen LogP contribution is 2.44. The van der Waals surface area contributed by atoms with E-state index in [1.807, 2.05) is 0 Å². The Morgan fingerprint density at radius 3 is 1.31 bits per heavy atom. The molecular formula is C26H48O16. The standard InChI is InChI=1S/C26H48O16/c1-5-25(3,13-10(7-27)38-22(37)19(34)16(13)31)41-23-20(35)17(32)14(11(8-28)39-23)26(4,6-2)42-24-21(36)18(33)15(30)12(9-29)40-24/h10-24,27-37H,5-9H2,1-4H3/t10?,11?,12?,13-,14-,15+,16?,17?,18+,19+,20+,21?,22?,23+,24+,25?,26?/m1/s1. The van der Waals surface area contributed by atoms with Gasteiger partial charge in [-0.2, -0.15) is 0 Å². The summed E-state index contributed by atoms with van der Waals surface area (Å²) in [6, 6.07) is 0. The van der Waals surface area contributed by atoms with Gasteiger partial charge in [0.05, 0.1) is 55.4 Å². The van der Waals surface area contributed by atoms with Crippen molar-refractivity contribution in [1.82, 2.24) is 0 Å². The van der Waals surface area contributed by atoms with Crippen molar-refractivity contribution in [2.45, 2.75) is 132 Å². The van der Waals surface area contributed by atoms with Crippen LogP contribution in [0.1, 0.15) is 40.5 Å². The van der Waals surface area contributed by atoms with Crippen LogP contribution in [0.4, 0.5) is 0 Å². The van der Waals surface area contributed by atoms with E-state index in [-0.39, 0.29) is 12.8 Å². The molecule has 0 bridgehead atoms. The minimum Gasteiger partial charge on any atom is -0.394 e.